The first-order valence-corrected chi connectivity index (χ1v) is 8.15. The van der Waals surface area contributed by atoms with Gasteiger partial charge in [0.05, 0.1) is 0 Å². The van der Waals surface area contributed by atoms with Gasteiger partial charge in [0.2, 0.25) is 0 Å². The molecule has 0 heterocycles. The summed E-state index contributed by atoms with van der Waals surface area (Å²) < 4.78 is 12.4. The first kappa shape index (κ1) is 12.6. The molecule has 0 aliphatic heterocycles. The zero-order valence-corrected chi connectivity index (χ0v) is 11.4. The van der Waals surface area contributed by atoms with Gasteiger partial charge in [-0.2, -0.15) is 0 Å². The Morgan fingerprint density at radius 1 is 1.19 bits per heavy atom. The lowest BCUT2D eigenvalue weighted by atomic mass is 10.1. The van der Waals surface area contributed by atoms with Gasteiger partial charge in [-0.1, -0.05) is 19.8 Å². The van der Waals surface area contributed by atoms with Crippen molar-refractivity contribution in [2.24, 2.45) is 11.8 Å². The van der Waals surface area contributed by atoms with E-state index in [1.807, 2.05) is 7.05 Å². The second kappa shape index (κ2) is 5.63. The fraction of sp³-hybridized carbons (Fsp3) is 1.00. The number of hydrogen-bond donors (Lipinski definition) is 1. The lowest BCUT2D eigenvalue weighted by molar-refractivity contribution is 0.459. The monoisotopic (exact) mass is 243 g/mol. The topological polar surface area (TPSA) is 29.1 Å². The van der Waals surface area contributed by atoms with Gasteiger partial charge in [-0.3, -0.25) is 4.21 Å². The maximum Gasteiger partial charge on any atom is 0.0389 e. The first-order chi connectivity index (χ1) is 7.72. The van der Waals surface area contributed by atoms with E-state index in [1.54, 1.807) is 0 Å². The van der Waals surface area contributed by atoms with Crippen molar-refractivity contribution < 1.29 is 4.21 Å². The summed E-state index contributed by atoms with van der Waals surface area (Å²) in [7, 11) is 1.45. The van der Waals surface area contributed by atoms with Crippen LogP contribution in [0.2, 0.25) is 0 Å². The quantitative estimate of drug-likeness (QED) is 0.821. The molecule has 4 unspecified atom stereocenters. The summed E-state index contributed by atoms with van der Waals surface area (Å²) in [5.74, 6) is 2.33. The summed E-state index contributed by atoms with van der Waals surface area (Å²) in [6.45, 7) is 2.27. The molecule has 0 radical (unpaired) electrons. The van der Waals surface area contributed by atoms with E-state index in [0.717, 1.165) is 18.1 Å². The molecule has 2 rings (SSSR count). The van der Waals surface area contributed by atoms with E-state index >= 15 is 0 Å². The molecule has 0 saturated heterocycles. The van der Waals surface area contributed by atoms with Crippen molar-refractivity contribution in [1.82, 2.24) is 5.32 Å². The summed E-state index contributed by atoms with van der Waals surface area (Å²) in [6.07, 6.45) is 7.73. The molecule has 2 aliphatic rings. The van der Waals surface area contributed by atoms with Crippen LogP contribution in [0.1, 0.15) is 45.4 Å². The SMILES string of the molecule is CNC1CCC(S(=O)CC2CCCC2)C1C. The second-order valence-corrected chi connectivity index (χ2v) is 7.27. The van der Waals surface area contributed by atoms with Crippen LogP contribution in [0.5, 0.6) is 0 Å². The lowest BCUT2D eigenvalue weighted by Gasteiger charge is -2.21. The molecule has 3 heteroatoms. The third-order valence-corrected chi connectivity index (χ3v) is 6.71. The van der Waals surface area contributed by atoms with Crippen LogP contribution in [0.3, 0.4) is 0 Å². The Kier molecular flexibility index (Phi) is 4.42. The van der Waals surface area contributed by atoms with Gasteiger partial charge in [-0.15, -0.1) is 0 Å². The first-order valence-electron chi connectivity index (χ1n) is 6.76. The number of rotatable bonds is 4. The molecule has 2 nitrogen and oxygen atoms in total. The molecule has 2 saturated carbocycles. The third kappa shape index (κ3) is 2.67. The van der Waals surface area contributed by atoms with E-state index in [4.69, 9.17) is 0 Å². The Labute approximate surface area is 102 Å². The average molecular weight is 243 g/mol. The van der Waals surface area contributed by atoms with E-state index in [-0.39, 0.29) is 0 Å². The van der Waals surface area contributed by atoms with E-state index in [9.17, 15) is 4.21 Å². The van der Waals surface area contributed by atoms with E-state index < -0.39 is 10.8 Å². The van der Waals surface area contributed by atoms with Gasteiger partial charge in [0, 0.05) is 27.8 Å². The molecular weight excluding hydrogens is 218 g/mol. The van der Waals surface area contributed by atoms with Crippen molar-refractivity contribution in [3.8, 4) is 0 Å². The predicted molar refractivity (Wildman–Crippen MR) is 70.0 cm³/mol. The maximum absolute atomic E-state index is 12.4. The summed E-state index contributed by atoms with van der Waals surface area (Å²) in [5.41, 5.74) is 0. The fourth-order valence-corrected chi connectivity index (χ4v) is 5.55. The Balaban J connectivity index is 1.85. The molecule has 0 spiro atoms. The zero-order chi connectivity index (χ0) is 11.5. The highest BCUT2D eigenvalue weighted by Crippen LogP contribution is 2.32. The summed E-state index contributed by atoms with van der Waals surface area (Å²) in [5, 5.41) is 3.81. The van der Waals surface area contributed by atoms with Crippen LogP contribution in [-0.2, 0) is 10.8 Å². The van der Waals surface area contributed by atoms with Crippen molar-refractivity contribution in [3.05, 3.63) is 0 Å². The normalized spacial score (nSPS) is 38.0. The van der Waals surface area contributed by atoms with Gasteiger partial charge in [0.15, 0.2) is 0 Å². The minimum Gasteiger partial charge on any atom is -0.317 e. The molecule has 0 bridgehead atoms. The minimum atomic E-state index is -0.578. The molecule has 2 aliphatic carbocycles. The molecular formula is C13H25NOS. The molecule has 0 aromatic heterocycles. The van der Waals surface area contributed by atoms with Crippen molar-refractivity contribution >= 4 is 10.8 Å². The zero-order valence-electron chi connectivity index (χ0n) is 10.6. The van der Waals surface area contributed by atoms with Crippen molar-refractivity contribution in [2.75, 3.05) is 12.8 Å². The third-order valence-electron chi connectivity index (χ3n) is 4.57. The van der Waals surface area contributed by atoms with E-state index in [1.165, 1.54) is 32.1 Å². The molecule has 1 N–H and O–H groups in total. The molecule has 4 atom stereocenters. The van der Waals surface area contributed by atoms with Crippen LogP contribution in [0.15, 0.2) is 0 Å². The average Bonchev–Trinajstić information content (AvgIpc) is 2.87. The lowest BCUT2D eigenvalue weighted by Crippen LogP contribution is -2.33. The Morgan fingerprint density at radius 3 is 2.44 bits per heavy atom. The van der Waals surface area contributed by atoms with Crippen LogP contribution < -0.4 is 5.32 Å². The number of nitrogens with one attached hydrogen (secondary N) is 1. The van der Waals surface area contributed by atoms with Crippen molar-refractivity contribution in [3.63, 3.8) is 0 Å². The van der Waals surface area contributed by atoms with Crippen molar-refractivity contribution in [1.29, 1.82) is 0 Å². The van der Waals surface area contributed by atoms with Gasteiger partial charge in [0.25, 0.3) is 0 Å². The Morgan fingerprint density at radius 2 is 1.88 bits per heavy atom. The Bertz CT molecular complexity index is 250. The molecule has 2 fully saturated rings. The summed E-state index contributed by atoms with van der Waals surface area (Å²) in [4.78, 5) is 0. The second-order valence-electron chi connectivity index (χ2n) is 5.57. The van der Waals surface area contributed by atoms with Gasteiger partial charge in [-0.25, -0.2) is 0 Å². The largest absolute Gasteiger partial charge is 0.317 e. The Hall–Kier alpha value is 0.110. The maximum atomic E-state index is 12.4. The standard InChI is InChI=1S/C13H25NOS/c1-10-12(14-2)7-8-13(10)16(15)9-11-5-3-4-6-11/h10-14H,3-9H2,1-2H3. The molecule has 16 heavy (non-hydrogen) atoms. The van der Waals surface area contributed by atoms with Crippen LogP contribution in [-0.4, -0.2) is 28.3 Å². The van der Waals surface area contributed by atoms with Crippen molar-refractivity contribution in [2.45, 2.75) is 56.7 Å². The minimum absolute atomic E-state index is 0.457. The number of hydrogen-bond acceptors (Lipinski definition) is 2. The highest BCUT2D eigenvalue weighted by atomic mass is 32.2. The highest BCUT2D eigenvalue weighted by molar-refractivity contribution is 7.85. The van der Waals surface area contributed by atoms with Crippen LogP contribution in [0, 0.1) is 11.8 Å². The van der Waals surface area contributed by atoms with E-state index in [2.05, 4.69) is 12.2 Å². The van der Waals surface area contributed by atoms with Gasteiger partial charge >= 0.3 is 0 Å². The van der Waals surface area contributed by atoms with E-state index in [0.29, 0.717) is 17.2 Å². The summed E-state index contributed by atoms with van der Waals surface area (Å²) in [6, 6.07) is 0.595. The van der Waals surface area contributed by atoms with Gasteiger partial charge in [-0.05, 0) is 44.6 Å². The predicted octanol–water partition coefficient (Wildman–Crippen LogP) is 2.31. The van der Waals surface area contributed by atoms with Gasteiger partial charge < -0.3 is 5.32 Å². The van der Waals surface area contributed by atoms with Crippen LogP contribution >= 0.6 is 0 Å². The molecule has 0 aromatic rings. The molecule has 0 amide bonds. The fourth-order valence-electron chi connectivity index (χ4n) is 3.44. The molecule has 94 valence electrons. The van der Waals surface area contributed by atoms with Crippen LogP contribution in [0.4, 0.5) is 0 Å². The van der Waals surface area contributed by atoms with Crippen LogP contribution in [0.25, 0.3) is 0 Å². The summed E-state index contributed by atoms with van der Waals surface area (Å²) >= 11 is 0. The smallest absolute Gasteiger partial charge is 0.0389 e. The van der Waals surface area contributed by atoms with Gasteiger partial charge in [0.1, 0.15) is 0 Å². The highest BCUT2D eigenvalue weighted by Gasteiger charge is 2.36. The molecule has 0 aromatic carbocycles.